The fourth-order valence-electron chi connectivity index (χ4n) is 3.19. The Kier molecular flexibility index (Phi) is 6.07. The number of benzene rings is 1. The van der Waals surface area contributed by atoms with Gasteiger partial charge < -0.3 is 14.7 Å². The van der Waals surface area contributed by atoms with Crippen LogP contribution in [0.25, 0.3) is 0 Å². The van der Waals surface area contributed by atoms with Crippen LogP contribution < -0.4 is 4.74 Å². The Morgan fingerprint density at radius 3 is 2.52 bits per heavy atom. The predicted molar refractivity (Wildman–Crippen MR) is 86.6 cm³/mol. The molecule has 3 heteroatoms. The number of ether oxygens (including phenoxy) is 1. The lowest BCUT2D eigenvalue weighted by molar-refractivity contribution is 0.0800. The van der Waals surface area contributed by atoms with Gasteiger partial charge in [-0.15, -0.1) is 0 Å². The minimum absolute atomic E-state index is 0.469. The average molecular weight is 291 g/mol. The number of para-hydroxylation sites is 1. The SMILES string of the molecule is CCOc1ccccc1C(O)CN1CCC(C(C)C)CC1. The molecule has 3 nitrogen and oxygen atoms in total. The smallest absolute Gasteiger partial charge is 0.125 e. The first kappa shape index (κ1) is 16.3. The normalized spacial score (nSPS) is 18.9. The van der Waals surface area contributed by atoms with Crippen molar-refractivity contribution in [2.24, 2.45) is 11.8 Å². The van der Waals surface area contributed by atoms with E-state index in [1.807, 2.05) is 31.2 Å². The van der Waals surface area contributed by atoms with Crippen molar-refractivity contribution in [2.75, 3.05) is 26.2 Å². The molecule has 0 aromatic heterocycles. The third-order valence-electron chi connectivity index (χ3n) is 4.58. The molecule has 0 bridgehead atoms. The first-order valence-electron chi connectivity index (χ1n) is 8.24. The highest BCUT2D eigenvalue weighted by Crippen LogP contribution is 2.28. The zero-order chi connectivity index (χ0) is 15.2. The molecule has 1 fully saturated rings. The highest BCUT2D eigenvalue weighted by Gasteiger charge is 2.24. The van der Waals surface area contributed by atoms with E-state index in [1.54, 1.807) is 0 Å². The number of rotatable bonds is 6. The summed E-state index contributed by atoms with van der Waals surface area (Å²) in [6, 6.07) is 7.82. The van der Waals surface area contributed by atoms with E-state index in [0.29, 0.717) is 13.2 Å². The zero-order valence-electron chi connectivity index (χ0n) is 13.6. The Morgan fingerprint density at radius 1 is 1.24 bits per heavy atom. The Balaban J connectivity index is 1.92. The third-order valence-corrected chi connectivity index (χ3v) is 4.58. The van der Waals surface area contributed by atoms with Crippen molar-refractivity contribution >= 4 is 0 Å². The van der Waals surface area contributed by atoms with Crippen LogP contribution in [0, 0.1) is 11.8 Å². The quantitative estimate of drug-likeness (QED) is 0.871. The van der Waals surface area contributed by atoms with E-state index < -0.39 is 6.10 Å². The van der Waals surface area contributed by atoms with E-state index in [0.717, 1.165) is 36.2 Å². The molecule has 1 unspecified atom stereocenters. The van der Waals surface area contributed by atoms with Crippen molar-refractivity contribution in [2.45, 2.75) is 39.7 Å². The van der Waals surface area contributed by atoms with Crippen LogP contribution in [0.4, 0.5) is 0 Å². The van der Waals surface area contributed by atoms with Gasteiger partial charge in [-0.1, -0.05) is 32.0 Å². The Bertz CT molecular complexity index is 425. The summed E-state index contributed by atoms with van der Waals surface area (Å²) in [5.74, 6) is 2.43. The van der Waals surface area contributed by atoms with E-state index in [2.05, 4.69) is 18.7 Å². The van der Waals surface area contributed by atoms with E-state index in [1.165, 1.54) is 12.8 Å². The minimum atomic E-state index is -0.469. The molecule has 1 saturated heterocycles. The monoisotopic (exact) mass is 291 g/mol. The van der Waals surface area contributed by atoms with Crippen molar-refractivity contribution in [3.63, 3.8) is 0 Å². The predicted octanol–water partition coefficient (Wildman–Crippen LogP) is 3.49. The second-order valence-electron chi connectivity index (χ2n) is 6.37. The maximum atomic E-state index is 10.5. The van der Waals surface area contributed by atoms with Crippen LogP contribution in [-0.2, 0) is 0 Å². The minimum Gasteiger partial charge on any atom is -0.493 e. The summed E-state index contributed by atoms with van der Waals surface area (Å²) in [7, 11) is 0. The summed E-state index contributed by atoms with van der Waals surface area (Å²) in [6.45, 7) is 10.1. The second-order valence-corrected chi connectivity index (χ2v) is 6.37. The third kappa shape index (κ3) is 4.45. The van der Waals surface area contributed by atoms with Gasteiger partial charge in [-0.3, -0.25) is 0 Å². The molecule has 0 spiro atoms. The molecule has 0 aliphatic carbocycles. The molecule has 1 aromatic carbocycles. The maximum absolute atomic E-state index is 10.5. The van der Waals surface area contributed by atoms with Crippen LogP contribution in [0.1, 0.15) is 45.3 Å². The van der Waals surface area contributed by atoms with E-state index in [-0.39, 0.29) is 0 Å². The molecule has 1 N–H and O–H groups in total. The van der Waals surface area contributed by atoms with Crippen LogP contribution in [0.2, 0.25) is 0 Å². The summed E-state index contributed by atoms with van der Waals surface area (Å²) in [5.41, 5.74) is 0.908. The zero-order valence-corrected chi connectivity index (χ0v) is 13.6. The largest absolute Gasteiger partial charge is 0.493 e. The number of aliphatic hydroxyl groups is 1. The Labute approximate surface area is 128 Å². The van der Waals surface area contributed by atoms with Gasteiger partial charge in [-0.25, -0.2) is 0 Å². The molecule has 0 saturated carbocycles. The maximum Gasteiger partial charge on any atom is 0.125 e. The Morgan fingerprint density at radius 2 is 1.90 bits per heavy atom. The van der Waals surface area contributed by atoms with Crippen molar-refractivity contribution < 1.29 is 9.84 Å². The summed E-state index contributed by atoms with van der Waals surface area (Å²) in [4.78, 5) is 2.38. The number of hydrogen-bond donors (Lipinski definition) is 1. The van der Waals surface area contributed by atoms with Gasteiger partial charge in [0.1, 0.15) is 5.75 Å². The first-order valence-corrected chi connectivity index (χ1v) is 8.24. The van der Waals surface area contributed by atoms with Crippen LogP contribution in [-0.4, -0.2) is 36.2 Å². The average Bonchev–Trinajstić information content (AvgIpc) is 2.48. The molecule has 21 heavy (non-hydrogen) atoms. The molecule has 1 aliphatic rings. The van der Waals surface area contributed by atoms with Gasteiger partial charge in [0.2, 0.25) is 0 Å². The molecule has 1 aliphatic heterocycles. The number of piperidine rings is 1. The van der Waals surface area contributed by atoms with Crippen molar-refractivity contribution in [1.29, 1.82) is 0 Å². The molecule has 0 radical (unpaired) electrons. The highest BCUT2D eigenvalue weighted by molar-refractivity contribution is 5.35. The van der Waals surface area contributed by atoms with Gasteiger partial charge in [0.05, 0.1) is 12.7 Å². The number of hydrogen-bond acceptors (Lipinski definition) is 3. The van der Waals surface area contributed by atoms with Crippen LogP contribution in [0.15, 0.2) is 24.3 Å². The molecule has 1 heterocycles. The molecule has 2 rings (SSSR count). The van der Waals surface area contributed by atoms with Crippen molar-refractivity contribution in [3.8, 4) is 5.75 Å². The number of aliphatic hydroxyl groups excluding tert-OH is 1. The molecule has 118 valence electrons. The standard InChI is InChI=1S/C18H29NO2/c1-4-21-18-8-6-5-7-16(18)17(20)13-19-11-9-15(10-12-19)14(2)3/h5-8,14-15,17,20H,4,9-13H2,1-3H3. The van der Waals surface area contributed by atoms with Gasteiger partial charge in [-0.05, 0) is 50.8 Å². The lowest BCUT2D eigenvalue weighted by Gasteiger charge is -2.35. The van der Waals surface area contributed by atoms with E-state index >= 15 is 0 Å². The number of nitrogens with zero attached hydrogens (tertiary/aromatic N) is 1. The highest BCUT2D eigenvalue weighted by atomic mass is 16.5. The summed E-state index contributed by atoms with van der Waals surface area (Å²) in [5, 5.41) is 10.5. The van der Waals surface area contributed by atoms with Gasteiger partial charge >= 0.3 is 0 Å². The molecule has 1 atom stereocenters. The summed E-state index contributed by atoms with van der Waals surface area (Å²) >= 11 is 0. The molecular formula is C18H29NO2. The number of β-amino-alcohol motifs (C(OH)–C–C–N with tert-alkyl or cyclic N) is 1. The lowest BCUT2D eigenvalue weighted by Crippen LogP contribution is -2.37. The van der Waals surface area contributed by atoms with Gasteiger partial charge in [-0.2, -0.15) is 0 Å². The van der Waals surface area contributed by atoms with Crippen LogP contribution in [0.5, 0.6) is 5.75 Å². The Hall–Kier alpha value is -1.06. The fourth-order valence-corrected chi connectivity index (χ4v) is 3.19. The van der Waals surface area contributed by atoms with Gasteiger partial charge in [0, 0.05) is 12.1 Å². The van der Waals surface area contributed by atoms with Crippen molar-refractivity contribution in [1.82, 2.24) is 4.90 Å². The second kappa shape index (κ2) is 7.81. The topological polar surface area (TPSA) is 32.7 Å². The summed E-state index contributed by atoms with van der Waals surface area (Å²) < 4.78 is 5.62. The van der Waals surface area contributed by atoms with E-state index in [9.17, 15) is 5.11 Å². The van der Waals surface area contributed by atoms with E-state index in [4.69, 9.17) is 4.74 Å². The molecule has 0 amide bonds. The number of likely N-dealkylation sites (tertiary alicyclic amines) is 1. The summed E-state index contributed by atoms with van der Waals surface area (Å²) in [6.07, 6.45) is 2.03. The van der Waals surface area contributed by atoms with Crippen LogP contribution in [0.3, 0.4) is 0 Å². The first-order chi connectivity index (χ1) is 10.1. The van der Waals surface area contributed by atoms with Gasteiger partial charge in [0.15, 0.2) is 0 Å². The molecular weight excluding hydrogens is 262 g/mol. The lowest BCUT2D eigenvalue weighted by atomic mass is 9.86. The van der Waals surface area contributed by atoms with Crippen LogP contribution >= 0.6 is 0 Å². The fraction of sp³-hybridized carbons (Fsp3) is 0.667. The van der Waals surface area contributed by atoms with Gasteiger partial charge in [0.25, 0.3) is 0 Å². The van der Waals surface area contributed by atoms with Crippen molar-refractivity contribution in [3.05, 3.63) is 29.8 Å². The molecule has 1 aromatic rings.